The second-order valence-corrected chi connectivity index (χ2v) is 3.95. The molecule has 0 heterocycles. The number of hydrogen-bond donors (Lipinski definition) is 2. The molecule has 1 aromatic rings. The monoisotopic (exact) mass is 251 g/mol. The van der Waals surface area contributed by atoms with Gasteiger partial charge in [-0.3, -0.25) is 4.79 Å². The average molecular weight is 251 g/mol. The smallest absolute Gasteiger partial charge is 0.344 e. The minimum atomic E-state index is -1.15. The van der Waals surface area contributed by atoms with Gasteiger partial charge in [0.25, 0.3) is 0 Å². The van der Waals surface area contributed by atoms with Crippen molar-refractivity contribution in [3.05, 3.63) is 35.9 Å². The van der Waals surface area contributed by atoms with Gasteiger partial charge in [-0.2, -0.15) is 0 Å². The summed E-state index contributed by atoms with van der Waals surface area (Å²) in [5, 5.41) is 11.5. The topological polar surface area (TPSA) is 75.6 Å². The highest BCUT2D eigenvalue weighted by atomic mass is 16.6. The van der Waals surface area contributed by atoms with E-state index >= 15 is 0 Å². The third kappa shape index (κ3) is 4.18. The molecule has 1 unspecified atom stereocenters. The molecule has 0 aliphatic rings. The van der Waals surface area contributed by atoms with Gasteiger partial charge in [0.15, 0.2) is 6.10 Å². The van der Waals surface area contributed by atoms with Crippen LogP contribution in [0.5, 0.6) is 0 Å². The van der Waals surface area contributed by atoms with Crippen LogP contribution in [0.2, 0.25) is 0 Å². The lowest BCUT2D eigenvalue weighted by molar-refractivity contribution is -0.164. The SMILES string of the molecule is CN[C@@H](Cc1ccccc1)C(=O)OC(C)C(=O)O. The fourth-order valence-electron chi connectivity index (χ4n) is 1.46. The van der Waals surface area contributed by atoms with Gasteiger partial charge in [0.05, 0.1) is 0 Å². The Morgan fingerprint density at radius 3 is 2.44 bits per heavy atom. The predicted molar refractivity (Wildman–Crippen MR) is 66.2 cm³/mol. The third-order valence-electron chi connectivity index (χ3n) is 2.56. The lowest BCUT2D eigenvalue weighted by Gasteiger charge is -2.17. The number of carbonyl (C=O) groups is 2. The van der Waals surface area contributed by atoms with Crippen LogP contribution in [-0.2, 0) is 20.7 Å². The summed E-state index contributed by atoms with van der Waals surface area (Å²) >= 11 is 0. The van der Waals surface area contributed by atoms with Crippen molar-refractivity contribution >= 4 is 11.9 Å². The van der Waals surface area contributed by atoms with Crippen LogP contribution in [0.15, 0.2) is 30.3 Å². The number of carboxylic acids is 1. The predicted octanol–water partition coefficient (Wildman–Crippen LogP) is 0.833. The number of aliphatic carboxylic acids is 1. The van der Waals surface area contributed by atoms with Gasteiger partial charge in [0, 0.05) is 0 Å². The first kappa shape index (κ1) is 14.2. The Morgan fingerprint density at radius 1 is 1.33 bits per heavy atom. The second-order valence-electron chi connectivity index (χ2n) is 3.95. The molecule has 0 aliphatic carbocycles. The van der Waals surface area contributed by atoms with E-state index in [2.05, 4.69) is 5.32 Å². The van der Waals surface area contributed by atoms with Crippen molar-refractivity contribution in [3.63, 3.8) is 0 Å². The van der Waals surface area contributed by atoms with Gasteiger partial charge >= 0.3 is 11.9 Å². The van der Waals surface area contributed by atoms with Gasteiger partial charge < -0.3 is 15.2 Å². The van der Waals surface area contributed by atoms with E-state index in [-0.39, 0.29) is 0 Å². The van der Waals surface area contributed by atoms with Crippen LogP contribution in [0.1, 0.15) is 12.5 Å². The molecular formula is C13H17NO4. The van der Waals surface area contributed by atoms with Gasteiger partial charge in [-0.25, -0.2) is 4.79 Å². The lowest BCUT2D eigenvalue weighted by Crippen LogP contribution is -2.40. The number of esters is 1. The van der Waals surface area contributed by atoms with E-state index in [0.29, 0.717) is 6.42 Å². The minimum Gasteiger partial charge on any atom is -0.479 e. The van der Waals surface area contributed by atoms with E-state index in [0.717, 1.165) is 5.56 Å². The molecule has 18 heavy (non-hydrogen) atoms. The molecule has 0 aromatic heterocycles. The first-order valence-corrected chi connectivity index (χ1v) is 5.69. The first-order chi connectivity index (χ1) is 8.54. The van der Waals surface area contributed by atoms with Crippen molar-refractivity contribution in [2.75, 3.05) is 7.05 Å². The number of carboxylic acid groups (broad SMARTS) is 1. The molecule has 0 amide bonds. The zero-order valence-electron chi connectivity index (χ0n) is 10.4. The summed E-state index contributed by atoms with van der Waals surface area (Å²) in [4.78, 5) is 22.4. The molecular weight excluding hydrogens is 234 g/mol. The quantitative estimate of drug-likeness (QED) is 0.732. The highest BCUT2D eigenvalue weighted by Crippen LogP contribution is 2.05. The molecule has 1 aromatic carbocycles. The lowest BCUT2D eigenvalue weighted by atomic mass is 10.1. The summed E-state index contributed by atoms with van der Waals surface area (Å²) in [6, 6.07) is 8.91. The van der Waals surface area contributed by atoms with E-state index < -0.39 is 24.1 Å². The van der Waals surface area contributed by atoms with Crippen LogP contribution >= 0.6 is 0 Å². The second kappa shape index (κ2) is 6.76. The van der Waals surface area contributed by atoms with Crippen LogP contribution in [0.25, 0.3) is 0 Å². The molecule has 0 saturated heterocycles. The number of carbonyl (C=O) groups excluding carboxylic acids is 1. The molecule has 2 N–H and O–H groups in total. The van der Waals surface area contributed by atoms with Gasteiger partial charge in [0.1, 0.15) is 6.04 Å². The summed E-state index contributed by atoms with van der Waals surface area (Å²) in [5.41, 5.74) is 0.983. The Balaban J connectivity index is 2.61. The number of ether oxygens (including phenoxy) is 1. The van der Waals surface area contributed by atoms with Gasteiger partial charge in [-0.1, -0.05) is 30.3 Å². The molecule has 2 atom stereocenters. The molecule has 1 rings (SSSR count). The number of hydrogen-bond acceptors (Lipinski definition) is 4. The fraction of sp³-hybridized carbons (Fsp3) is 0.385. The van der Waals surface area contributed by atoms with Crippen LogP contribution in [0.4, 0.5) is 0 Å². The van der Waals surface area contributed by atoms with Crippen molar-refractivity contribution in [2.45, 2.75) is 25.5 Å². The molecule has 0 spiro atoms. The molecule has 0 bridgehead atoms. The summed E-state index contributed by atoms with van der Waals surface area (Å²) < 4.78 is 4.84. The Kier molecular flexibility index (Phi) is 5.32. The zero-order valence-corrected chi connectivity index (χ0v) is 10.4. The maximum Gasteiger partial charge on any atom is 0.344 e. The maximum atomic E-state index is 11.7. The Labute approximate surface area is 106 Å². The molecule has 5 nitrogen and oxygen atoms in total. The maximum absolute atomic E-state index is 11.7. The van der Waals surface area contributed by atoms with E-state index in [1.165, 1.54) is 6.92 Å². The molecule has 0 aliphatic heterocycles. The summed E-state index contributed by atoms with van der Waals surface area (Å²) in [6.45, 7) is 1.33. The van der Waals surface area contributed by atoms with Crippen LogP contribution in [0.3, 0.4) is 0 Å². The van der Waals surface area contributed by atoms with E-state index in [4.69, 9.17) is 9.84 Å². The first-order valence-electron chi connectivity index (χ1n) is 5.69. The van der Waals surface area contributed by atoms with Crippen LogP contribution in [-0.4, -0.2) is 36.2 Å². The number of nitrogens with one attached hydrogen (secondary N) is 1. The Morgan fingerprint density at radius 2 is 1.94 bits per heavy atom. The van der Waals surface area contributed by atoms with E-state index in [1.807, 2.05) is 30.3 Å². The summed E-state index contributed by atoms with van der Waals surface area (Å²) in [6.07, 6.45) is -0.674. The zero-order chi connectivity index (χ0) is 13.5. The summed E-state index contributed by atoms with van der Waals surface area (Å²) in [5.74, 6) is -1.71. The molecule has 5 heteroatoms. The van der Waals surface area contributed by atoms with Crippen molar-refractivity contribution in [1.82, 2.24) is 5.32 Å². The number of benzene rings is 1. The minimum absolute atomic E-state index is 0.461. The van der Waals surface area contributed by atoms with E-state index in [9.17, 15) is 9.59 Å². The molecule has 0 fully saturated rings. The number of rotatable bonds is 6. The molecule has 0 saturated carbocycles. The standard InChI is InChI=1S/C13H17NO4/c1-9(12(15)16)18-13(17)11(14-2)8-10-6-4-3-5-7-10/h3-7,9,11,14H,8H2,1-2H3,(H,15,16)/t9?,11-/m0/s1. The molecule has 0 radical (unpaired) electrons. The normalized spacial score (nSPS) is 13.7. The average Bonchev–Trinajstić information content (AvgIpc) is 2.36. The molecule has 98 valence electrons. The van der Waals surface area contributed by atoms with Crippen LogP contribution < -0.4 is 5.32 Å². The third-order valence-corrected chi connectivity index (χ3v) is 2.56. The highest BCUT2D eigenvalue weighted by Gasteiger charge is 2.23. The van der Waals surface area contributed by atoms with Crippen molar-refractivity contribution in [2.24, 2.45) is 0 Å². The highest BCUT2D eigenvalue weighted by molar-refractivity contribution is 5.80. The Hall–Kier alpha value is -1.88. The van der Waals surface area contributed by atoms with E-state index in [1.54, 1.807) is 7.05 Å². The summed E-state index contributed by atoms with van der Waals surface area (Å²) in [7, 11) is 1.64. The van der Waals surface area contributed by atoms with Gasteiger partial charge in [0.2, 0.25) is 0 Å². The largest absolute Gasteiger partial charge is 0.479 e. The van der Waals surface area contributed by atoms with Crippen molar-refractivity contribution < 1.29 is 19.4 Å². The van der Waals surface area contributed by atoms with Gasteiger partial charge in [-0.05, 0) is 26.0 Å². The van der Waals surface area contributed by atoms with Crippen LogP contribution in [0, 0.1) is 0 Å². The van der Waals surface area contributed by atoms with Crippen molar-refractivity contribution in [3.8, 4) is 0 Å². The van der Waals surface area contributed by atoms with Gasteiger partial charge in [-0.15, -0.1) is 0 Å². The Bertz CT molecular complexity index is 405. The fourth-order valence-corrected chi connectivity index (χ4v) is 1.46. The number of likely N-dealkylation sites (N-methyl/N-ethyl adjacent to an activating group) is 1. The van der Waals surface area contributed by atoms with Crippen molar-refractivity contribution in [1.29, 1.82) is 0 Å².